The van der Waals surface area contributed by atoms with Crippen molar-refractivity contribution in [3.05, 3.63) is 33.8 Å². The number of rotatable bonds is 10. The van der Waals surface area contributed by atoms with Crippen LogP contribution >= 0.6 is 23.2 Å². The number of guanidine groups is 1. The number of hydrogen-bond acceptors (Lipinski definition) is 3. The number of benzene rings is 1. The highest BCUT2D eigenvalue weighted by atomic mass is 35.5. The summed E-state index contributed by atoms with van der Waals surface area (Å²) in [6, 6.07) is 5.04. The number of aliphatic hydroxyl groups excluding tert-OH is 1. The molecule has 1 aliphatic rings. The highest BCUT2D eigenvalue weighted by Crippen LogP contribution is 2.28. The van der Waals surface area contributed by atoms with Crippen LogP contribution in [0.25, 0.3) is 0 Å². The maximum Gasteiger partial charge on any atom is 0.191 e. The number of nitrogens with one attached hydrogen (secondary N) is 2. The van der Waals surface area contributed by atoms with Crippen molar-refractivity contribution in [1.29, 1.82) is 0 Å². The van der Waals surface area contributed by atoms with Gasteiger partial charge in [-0.15, -0.1) is 0 Å². The number of aliphatic imine (C=N–C) groups is 1. The molecule has 140 valence electrons. The predicted molar refractivity (Wildman–Crippen MR) is 104 cm³/mol. The zero-order chi connectivity index (χ0) is 18.1. The Hall–Kier alpha value is -1.01. The molecule has 1 aliphatic carbocycles. The van der Waals surface area contributed by atoms with E-state index in [0.29, 0.717) is 21.6 Å². The molecule has 1 saturated carbocycles. The summed E-state index contributed by atoms with van der Waals surface area (Å²) < 4.78 is 5.61. The van der Waals surface area contributed by atoms with Crippen molar-refractivity contribution in [2.45, 2.75) is 32.3 Å². The zero-order valence-corrected chi connectivity index (χ0v) is 16.1. The molecular formula is C18H27Cl2N3O2. The molecular weight excluding hydrogens is 361 g/mol. The zero-order valence-electron chi connectivity index (χ0n) is 14.6. The molecule has 1 aromatic carbocycles. The summed E-state index contributed by atoms with van der Waals surface area (Å²) in [4.78, 5) is 4.42. The lowest BCUT2D eigenvalue weighted by molar-refractivity contribution is 0.123. The van der Waals surface area contributed by atoms with Crippen LogP contribution in [0.2, 0.25) is 10.0 Å². The maximum atomic E-state index is 10.3. The van der Waals surface area contributed by atoms with E-state index in [2.05, 4.69) is 15.6 Å². The molecule has 1 aromatic rings. The van der Waals surface area contributed by atoms with Crippen LogP contribution < -0.4 is 10.6 Å². The number of halogens is 2. The first kappa shape index (κ1) is 20.3. The van der Waals surface area contributed by atoms with E-state index >= 15 is 0 Å². The Balaban J connectivity index is 1.74. The second-order valence-corrected chi connectivity index (χ2v) is 7.11. The highest BCUT2D eigenvalue weighted by Gasteiger charge is 2.20. The van der Waals surface area contributed by atoms with E-state index < -0.39 is 6.10 Å². The van der Waals surface area contributed by atoms with Gasteiger partial charge in [-0.1, -0.05) is 23.2 Å². The number of ether oxygens (including phenoxy) is 1. The van der Waals surface area contributed by atoms with E-state index in [0.717, 1.165) is 38.6 Å². The summed E-state index contributed by atoms with van der Waals surface area (Å²) in [5.41, 5.74) is 0.658. The van der Waals surface area contributed by atoms with Gasteiger partial charge >= 0.3 is 0 Å². The quantitative estimate of drug-likeness (QED) is 0.327. The van der Waals surface area contributed by atoms with Crippen LogP contribution in [0, 0.1) is 5.92 Å². The Kier molecular flexibility index (Phi) is 8.82. The monoisotopic (exact) mass is 387 g/mol. The average molecular weight is 388 g/mol. The highest BCUT2D eigenvalue weighted by molar-refractivity contribution is 6.34. The third-order valence-electron chi connectivity index (χ3n) is 3.84. The van der Waals surface area contributed by atoms with Gasteiger partial charge in [0.25, 0.3) is 0 Å². The van der Waals surface area contributed by atoms with Crippen LogP contribution in [-0.4, -0.2) is 43.9 Å². The van der Waals surface area contributed by atoms with Gasteiger partial charge in [0.1, 0.15) is 0 Å². The predicted octanol–water partition coefficient (Wildman–Crippen LogP) is 3.40. The van der Waals surface area contributed by atoms with Crippen molar-refractivity contribution in [2.75, 3.05) is 32.8 Å². The first-order valence-electron chi connectivity index (χ1n) is 8.82. The fourth-order valence-corrected chi connectivity index (χ4v) is 2.85. The molecule has 1 unspecified atom stereocenters. The molecule has 1 atom stereocenters. The maximum absolute atomic E-state index is 10.3. The van der Waals surface area contributed by atoms with E-state index in [4.69, 9.17) is 27.9 Å². The standard InChI is InChI=1S/C18H27Cl2N3O2/c1-2-21-18(22-6-3-7-25-12-13-4-5-13)23-11-17(24)14-8-15(19)10-16(20)9-14/h8-10,13,17,24H,2-7,11-12H2,1H3,(H2,21,22,23). The molecule has 25 heavy (non-hydrogen) atoms. The van der Waals surface area contributed by atoms with Crippen LogP contribution in [0.5, 0.6) is 0 Å². The van der Waals surface area contributed by atoms with Gasteiger partial charge in [-0.3, -0.25) is 4.99 Å². The Morgan fingerprint density at radius 1 is 1.28 bits per heavy atom. The SMILES string of the molecule is CCNC(=NCC(O)c1cc(Cl)cc(Cl)c1)NCCCOCC1CC1. The fraction of sp³-hybridized carbons (Fsp3) is 0.611. The molecule has 0 bridgehead atoms. The summed E-state index contributed by atoms with van der Waals surface area (Å²) in [6.07, 6.45) is 2.79. The van der Waals surface area contributed by atoms with E-state index in [9.17, 15) is 5.11 Å². The summed E-state index contributed by atoms with van der Waals surface area (Å²) >= 11 is 11.9. The molecule has 0 radical (unpaired) electrons. The molecule has 3 N–H and O–H groups in total. The van der Waals surface area contributed by atoms with Crippen molar-refractivity contribution in [2.24, 2.45) is 10.9 Å². The van der Waals surface area contributed by atoms with Gasteiger partial charge < -0.3 is 20.5 Å². The Labute approximate surface area is 159 Å². The summed E-state index contributed by atoms with van der Waals surface area (Å²) in [7, 11) is 0. The van der Waals surface area contributed by atoms with Gasteiger partial charge in [0.05, 0.1) is 12.6 Å². The Morgan fingerprint density at radius 3 is 2.64 bits per heavy atom. The van der Waals surface area contributed by atoms with Crippen LogP contribution in [0.3, 0.4) is 0 Å². The molecule has 1 fully saturated rings. The second-order valence-electron chi connectivity index (χ2n) is 6.24. The first-order chi connectivity index (χ1) is 12.1. The van der Waals surface area contributed by atoms with Crippen molar-refractivity contribution >= 4 is 29.2 Å². The normalized spacial score (nSPS) is 15.9. The van der Waals surface area contributed by atoms with Gasteiger partial charge in [-0.05, 0) is 55.9 Å². The number of nitrogens with zero attached hydrogens (tertiary/aromatic N) is 1. The molecule has 0 amide bonds. The van der Waals surface area contributed by atoms with Crippen LogP contribution in [-0.2, 0) is 4.74 Å². The third kappa shape index (κ3) is 8.27. The lowest BCUT2D eigenvalue weighted by Gasteiger charge is -2.14. The minimum atomic E-state index is -0.756. The van der Waals surface area contributed by atoms with E-state index in [-0.39, 0.29) is 6.54 Å². The number of aliphatic hydroxyl groups is 1. The van der Waals surface area contributed by atoms with Gasteiger partial charge in [-0.2, -0.15) is 0 Å². The smallest absolute Gasteiger partial charge is 0.191 e. The van der Waals surface area contributed by atoms with Crippen molar-refractivity contribution < 1.29 is 9.84 Å². The average Bonchev–Trinajstić information content (AvgIpc) is 3.38. The summed E-state index contributed by atoms with van der Waals surface area (Å²) in [6.45, 7) is 5.40. The minimum absolute atomic E-state index is 0.226. The topological polar surface area (TPSA) is 65.9 Å². The van der Waals surface area contributed by atoms with E-state index in [1.807, 2.05) is 6.92 Å². The number of hydrogen-bond donors (Lipinski definition) is 3. The van der Waals surface area contributed by atoms with Crippen LogP contribution in [0.1, 0.15) is 37.9 Å². The van der Waals surface area contributed by atoms with Gasteiger partial charge in [0.15, 0.2) is 5.96 Å². The molecule has 7 heteroatoms. The lowest BCUT2D eigenvalue weighted by Crippen LogP contribution is -2.38. The van der Waals surface area contributed by atoms with Gasteiger partial charge in [0, 0.05) is 36.3 Å². The van der Waals surface area contributed by atoms with Crippen LogP contribution in [0.15, 0.2) is 23.2 Å². The summed E-state index contributed by atoms with van der Waals surface area (Å²) in [5, 5.41) is 17.7. The Bertz CT molecular complexity index is 545. The molecule has 0 heterocycles. The van der Waals surface area contributed by atoms with E-state index in [1.165, 1.54) is 12.8 Å². The molecule has 5 nitrogen and oxygen atoms in total. The molecule has 0 saturated heterocycles. The molecule has 0 spiro atoms. The fourth-order valence-electron chi connectivity index (χ4n) is 2.31. The summed E-state index contributed by atoms with van der Waals surface area (Å²) in [5.74, 6) is 1.48. The van der Waals surface area contributed by atoms with Gasteiger partial charge in [0.2, 0.25) is 0 Å². The minimum Gasteiger partial charge on any atom is -0.386 e. The molecule has 0 aromatic heterocycles. The molecule has 0 aliphatic heterocycles. The van der Waals surface area contributed by atoms with Gasteiger partial charge in [-0.25, -0.2) is 0 Å². The largest absolute Gasteiger partial charge is 0.386 e. The van der Waals surface area contributed by atoms with Crippen molar-refractivity contribution in [3.63, 3.8) is 0 Å². The van der Waals surface area contributed by atoms with Crippen molar-refractivity contribution in [1.82, 2.24) is 10.6 Å². The molecule has 2 rings (SSSR count). The first-order valence-corrected chi connectivity index (χ1v) is 9.58. The van der Waals surface area contributed by atoms with Crippen molar-refractivity contribution in [3.8, 4) is 0 Å². The third-order valence-corrected chi connectivity index (χ3v) is 4.28. The lowest BCUT2D eigenvalue weighted by atomic mass is 10.1. The van der Waals surface area contributed by atoms with E-state index in [1.54, 1.807) is 18.2 Å². The van der Waals surface area contributed by atoms with Crippen LogP contribution in [0.4, 0.5) is 0 Å². The second kappa shape index (κ2) is 10.9. The Morgan fingerprint density at radius 2 is 2.00 bits per heavy atom.